The molecule has 0 aliphatic carbocycles. The summed E-state index contributed by atoms with van der Waals surface area (Å²) in [4.78, 5) is 2.40. The van der Waals surface area contributed by atoms with Crippen molar-refractivity contribution in [2.75, 3.05) is 31.2 Å². The van der Waals surface area contributed by atoms with Crippen LogP contribution in [0.25, 0.3) is 21.5 Å². The van der Waals surface area contributed by atoms with Gasteiger partial charge in [-0.1, -0.05) is 74.5 Å². The predicted octanol–water partition coefficient (Wildman–Crippen LogP) is 7.37. The van der Waals surface area contributed by atoms with Gasteiger partial charge in [-0.15, -0.1) is 0 Å². The lowest BCUT2D eigenvalue weighted by Gasteiger charge is -2.27. The summed E-state index contributed by atoms with van der Waals surface area (Å²) in [6, 6.07) is 26.2. The second-order valence-corrected chi connectivity index (χ2v) is 12.4. The van der Waals surface area contributed by atoms with Crippen molar-refractivity contribution >= 4 is 38.6 Å². The minimum Gasteiger partial charge on any atom is -0.396 e. The highest BCUT2D eigenvalue weighted by molar-refractivity contribution is 6.07. The van der Waals surface area contributed by atoms with Crippen LogP contribution >= 0.6 is 0 Å². The quantitative estimate of drug-likeness (QED) is 0.227. The van der Waals surface area contributed by atoms with Crippen molar-refractivity contribution in [2.24, 2.45) is 0 Å². The average molecular weight is 546 g/mol. The van der Waals surface area contributed by atoms with Gasteiger partial charge in [-0.05, 0) is 65.6 Å². The molecule has 0 bridgehead atoms. The largest absolute Gasteiger partial charge is 0.396 e. The van der Waals surface area contributed by atoms with Crippen molar-refractivity contribution in [1.29, 1.82) is 0 Å². The van der Waals surface area contributed by atoms with Crippen LogP contribution in [0.5, 0.6) is 0 Å². The minimum atomic E-state index is -0.193. The van der Waals surface area contributed by atoms with E-state index in [2.05, 4.69) is 128 Å². The predicted molar refractivity (Wildman–Crippen MR) is 172 cm³/mol. The van der Waals surface area contributed by atoms with Gasteiger partial charge < -0.3 is 15.1 Å². The first-order valence-corrected chi connectivity index (χ1v) is 14.9. The number of hydrogen-bond donors (Lipinski definition) is 2. The number of anilines is 1. The summed E-state index contributed by atoms with van der Waals surface area (Å²) in [5, 5.41) is 24.5. The Kier molecular flexibility index (Phi) is 7.09. The molecule has 2 aliphatic heterocycles. The van der Waals surface area contributed by atoms with Gasteiger partial charge in [0.05, 0.1) is 5.41 Å². The maximum atomic E-state index is 9.71. The van der Waals surface area contributed by atoms with E-state index in [0.717, 1.165) is 13.1 Å². The summed E-state index contributed by atoms with van der Waals surface area (Å²) in [5.41, 5.74) is 7.28. The fraction of sp³-hybridized carbons (Fsp3) is 0.324. The third-order valence-corrected chi connectivity index (χ3v) is 9.10. The van der Waals surface area contributed by atoms with E-state index in [4.69, 9.17) is 0 Å². The monoisotopic (exact) mass is 545 g/mol. The Morgan fingerprint density at radius 1 is 0.732 bits per heavy atom. The summed E-state index contributed by atoms with van der Waals surface area (Å²) in [6.45, 7) is 11.2. The first-order chi connectivity index (χ1) is 19.8. The van der Waals surface area contributed by atoms with Crippen molar-refractivity contribution in [1.82, 2.24) is 0 Å². The zero-order valence-electron chi connectivity index (χ0n) is 24.7. The van der Waals surface area contributed by atoms with Gasteiger partial charge in [0.1, 0.15) is 0 Å². The number of aliphatic hydroxyl groups excluding tert-OH is 2. The first-order valence-electron chi connectivity index (χ1n) is 14.9. The van der Waals surface area contributed by atoms with Gasteiger partial charge in [0.2, 0.25) is 5.69 Å². The zero-order valence-corrected chi connectivity index (χ0v) is 24.7. The fourth-order valence-corrected chi connectivity index (χ4v) is 7.24. The molecule has 0 radical (unpaired) electrons. The molecule has 0 spiro atoms. The van der Waals surface area contributed by atoms with Crippen LogP contribution in [0.4, 0.5) is 11.4 Å². The lowest BCUT2D eigenvalue weighted by Crippen LogP contribution is -2.28. The minimum absolute atomic E-state index is 0.168. The van der Waals surface area contributed by atoms with Crippen molar-refractivity contribution in [3.63, 3.8) is 0 Å². The van der Waals surface area contributed by atoms with Crippen LogP contribution in [0.15, 0.2) is 96.7 Å². The van der Waals surface area contributed by atoms with Gasteiger partial charge in [0.25, 0.3) is 0 Å². The fourth-order valence-electron chi connectivity index (χ4n) is 7.24. The van der Waals surface area contributed by atoms with E-state index in [-0.39, 0.29) is 24.0 Å². The molecule has 2 aliphatic rings. The summed E-state index contributed by atoms with van der Waals surface area (Å²) >= 11 is 0. The van der Waals surface area contributed by atoms with Gasteiger partial charge >= 0.3 is 0 Å². The molecule has 0 fully saturated rings. The summed E-state index contributed by atoms with van der Waals surface area (Å²) in [6.07, 6.45) is 8.20. The standard InChI is InChI=1S/C37H41N2O2/c1-36(2)32(38(22-10-24-40)30-20-18-26-12-5-7-14-28(26)34(30)36)16-9-17-33-37(3,4)35-29-15-8-6-13-27(29)19-21-31(35)39(33)23-11-25-41/h5-9,12-21,40-41H,10-11,22-25H2,1-4H3/q+1. The molecule has 0 aromatic heterocycles. The molecule has 0 amide bonds. The molecule has 4 heteroatoms. The van der Waals surface area contributed by atoms with Gasteiger partial charge in [-0.2, -0.15) is 4.58 Å². The van der Waals surface area contributed by atoms with Crippen LogP contribution in [0, 0.1) is 0 Å². The van der Waals surface area contributed by atoms with Gasteiger partial charge in [-0.3, -0.25) is 0 Å². The lowest BCUT2D eigenvalue weighted by molar-refractivity contribution is -0.438. The summed E-state index contributed by atoms with van der Waals surface area (Å²) in [5.74, 6) is 0. The molecule has 0 saturated heterocycles. The van der Waals surface area contributed by atoms with Crippen molar-refractivity contribution in [2.45, 2.75) is 51.4 Å². The van der Waals surface area contributed by atoms with E-state index in [1.165, 1.54) is 55.5 Å². The van der Waals surface area contributed by atoms with E-state index in [9.17, 15) is 10.2 Å². The molecular formula is C37H41N2O2+. The molecule has 4 aromatic rings. The van der Waals surface area contributed by atoms with Crippen molar-refractivity contribution in [3.8, 4) is 0 Å². The highest BCUT2D eigenvalue weighted by Gasteiger charge is 2.45. The molecule has 210 valence electrons. The number of allylic oxidation sites excluding steroid dienone is 4. The molecule has 0 unspecified atom stereocenters. The normalized spacial score (nSPS) is 18.3. The van der Waals surface area contributed by atoms with Crippen molar-refractivity contribution in [3.05, 3.63) is 108 Å². The molecule has 4 aromatic carbocycles. The van der Waals surface area contributed by atoms with E-state index in [0.29, 0.717) is 12.8 Å². The van der Waals surface area contributed by atoms with E-state index >= 15 is 0 Å². The second kappa shape index (κ2) is 10.6. The SMILES string of the molecule is CC1(C)C(/C=C/C=C2\N(CCCO)c3ccc4ccccc4c3C2(C)C)=[N+](CCCO)c2ccc3ccccc3c21. The number of rotatable bonds is 8. The average Bonchev–Trinajstić information content (AvgIpc) is 3.33. The van der Waals surface area contributed by atoms with Crippen LogP contribution in [0.3, 0.4) is 0 Å². The van der Waals surface area contributed by atoms with E-state index in [1.54, 1.807) is 0 Å². The maximum absolute atomic E-state index is 9.71. The Morgan fingerprint density at radius 3 is 2.05 bits per heavy atom. The Morgan fingerprint density at radius 2 is 1.37 bits per heavy atom. The third kappa shape index (κ3) is 4.41. The third-order valence-electron chi connectivity index (χ3n) is 9.10. The zero-order chi connectivity index (χ0) is 28.8. The van der Waals surface area contributed by atoms with Crippen LogP contribution in [-0.2, 0) is 10.8 Å². The van der Waals surface area contributed by atoms with Crippen LogP contribution in [0.1, 0.15) is 51.7 Å². The van der Waals surface area contributed by atoms with Crippen LogP contribution in [-0.4, -0.2) is 46.8 Å². The number of fused-ring (bicyclic) bond motifs is 6. The number of nitrogens with zero attached hydrogens (tertiary/aromatic N) is 2. The Labute approximate surface area is 243 Å². The van der Waals surface area contributed by atoms with Gasteiger partial charge in [-0.25, -0.2) is 0 Å². The number of aliphatic hydroxyl groups is 2. The van der Waals surface area contributed by atoms with E-state index < -0.39 is 0 Å². The molecule has 41 heavy (non-hydrogen) atoms. The summed E-state index contributed by atoms with van der Waals surface area (Å²) < 4.78 is 2.40. The second-order valence-electron chi connectivity index (χ2n) is 12.4. The lowest BCUT2D eigenvalue weighted by atomic mass is 9.79. The Balaban J connectivity index is 1.46. The highest BCUT2D eigenvalue weighted by Crippen LogP contribution is 2.51. The first kappa shape index (κ1) is 27.4. The van der Waals surface area contributed by atoms with E-state index in [1.807, 2.05) is 0 Å². The van der Waals surface area contributed by atoms with Crippen LogP contribution in [0.2, 0.25) is 0 Å². The molecule has 2 heterocycles. The highest BCUT2D eigenvalue weighted by atomic mass is 16.3. The van der Waals surface area contributed by atoms with Crippen LogP contribution < -0.4 is 4.90 Å². The Hall–Kier alpha value is -3.73. The molecular weight excluding hydrogens is 504 g/mol. The molecule has 0 saturated carbocycles. The molecule has 2 N–H and O–H groups in total. The topological polar surface area (TPSA) is 46.7 Å². The van der Waals surface area contributed by atoms with Gasteiger partial charge in [0.15, 0.2) is 12.3 Å². The van der Waals surface area contributed by atoms with Crippen molar-refractivity contribution < 1.29 is 14.8 Å². The molecule has 0 atom stereocenters. The number of benzene rings is 4. The summed E-state index contributed by atoms with van der Waals surface area (Å²) in [7, 11) is 0. The smallest absolute Gasteiger partial charge is 0.210 e. The maximum Gasteiger partial charge on any atom is 0.210 e. The molecule has 4 nitrogen and oxygen atoms in total. The van der Waals surface area contributed by atoms with Gasteiger partial charge in [0, 0.05) is 60.7 Å². The number of hydrogen-bond acceptors (Lipinski definition) is 3. The Bertz CT molecular complexity index is 1720. The molecule has 6 rings (SSSR count).